The van der Waals surface area contributed by atoms with E-state index in [1.54, 1.807) is 24.3 Å². The van der Waals surface area contributed by atoms with Crippen LogP contribution in [-0.2, 0) is 14.3 Å². The van der Waals surface area contributed by atoms with Gasteiger partial charge in [0.15, 0.2) is 6.61 Å². The predicted octanol–water partition coefficient (Wildman–Crippen LogP) is 3.15. The number of rotatable bonds is 5. The van der Waals surface area contributed by atoms with Crippen LogP contribution in [0.3, 0.4) is 0 Å². The van der Waals surface area contributed by atoms with Crippen molar-refractivity contribution in [1.82, 2.24) is 9.80 Å². The zero-order valence-electron chi connectivity index (χ0n) is 15.7. The van der Waals surface area contributed by atoms with E-state index in [9.17, 15) is 27.6 Å². The molecule has 0 radical (unpaired) electrons. The van der Waals surface area contributed by atoms with Crippen LogP contribution >= 0.6 is 11.6 Å². The molecule has 1 heterocycles. The van der Waals surface area contributed by atoms with Crippen molar-refractivity contribution < 1.29 is 32.3 Å². The van der Waals surface area contributed by atoms with E-state index in [1.807, 2.05) is 0 Å². The van der Waals surface area contributed by atoms with Crippen molar-refractivity contribution in [2.45, 2.75) is 19.0 Å². The molecule has 1 aromatic carbocycles. The predicted molar refractivity (Wildman–Crippen MR) is 99.4 cm³/mol. The minimum atomic E-state index is -4.58. The number of nitrogens with zero attached hydrogens (tertiary/aromatic N) is 2. The number of hydrogen-bond donors (Lipinski definition) is 1. The summed E-state index contributed by atoms with van der Waals surface area (Å²) in [6, 6.07) is 6.52. The Kier molecular flexibility index (Phi) is 7.72. The molecule has 0 aliphatic carbocycles. The van der Waals surface area contributed by atoms with Gasteiger partial charge < -0.3 is 19.9 Å². The Hall–Kier alpha value is -2.49. The SMILES string of the molecule is CN(CC(=O)Nc1ccc(Cl)cc1)C(=O)C1CCN(C(=O)OCC(F)(F)F)CC1. The Morgan fingerprint density at radius 3 is 2.34 bits per heavy atom. The minimum Gasteiger partial charge on any atom is -0.440 e. The molecule has 1 saturated heterocycles. The number of carbonyl (C=O) groups excluding carboxylic acids is 3. The Balaban J connectivity index is 1.76. The second-order valence-corrected chi connectivity index (χ2v) is 7.12. The molecular formula is C18H21ClF3N3O4. The van der Waals surface area contributed by atoms with Gasteiger partial charge >= 0.3 is 12.3 Å². The molecule has 0 unspecified atom stereocenters. The summed E-state index contributed by atoms with van der Waals surface area (Å²) in [5, 5.41) is 3.18. The highest BCUT2D eigenvalue weighted by molar-refractivity contribution is 6.30. The zero-order chi connectivity index (χ0) is 21.6. The van der Waals surface area contributed by atoms with Gasteiger partial charge in [-0.1, -0.05) is 11.6 Å². The quantitative estimate of drug-likeness (QED) is 0.770. The fourth-order valence-electron chi connectivity index (χ4n) is 2.88. The van der Waals surface area contributed by atoms with Gasteiger partial charge in [0.1, 0.15) is 0 Å². The second kappa shape index (κ2) is 9.82. The Morgan fingerprint density at radius 1 is 1.21 bits per heavy atom. The number of ether oxygens (including phenoxy) is 1. The maximum atomic E-state index is 12.5. The zero-order valence-corrected chi connectivity index (χ0v) is 16.4. The highest BCUT2D eigenvalue weighted by atomic mass is 35.5. The molecule has 1 fully saturated rings. The molecule has 0 saturated carbocycles. The number of nitrogens with one attached hydrogen (secondary N) is 1. The Labute approximate surface area is 170 Å². The summed E-state index contributed by atoms with van der Waals surface area (Å²) in [4.78, 5) is 38.7. The van der Waals surface area contributed by atoms with Crippen LogP contribution in [0.15, 0.2) is 24.3 Å². The van der Waals surface area contributed by atoms with Crippen molar-refractivity contribution in [3.8, 4) is 0 Å². The molecule has 0 atom stereocenters. The lowest BCUT2D eigenvalue weighted by Gasteiger charge is -2.32. The van der Waals surface area contributed by atoms with Gasteiger partial charge in [-0.15, -0.1) is 0 Å². The smallest absolute Gasteiger partial charge is 0.422 e. The normalized spacial score (nSPS) is 15.0. The molecule has 1 N–H and O–H groups in total. The van der Waals surface area contributed by atoms with Gasteiger partial charge in [0.2, 0.25) is 11.8 Å². The van der Waals surface area contributed by atoms with E-state index >= 15 is 0 Å². The number of alkyl halides is 3. The van der Waals surface area contributed by atoms with Crippen LogP contribution in [-0.4, -0.2) is 67.2 Å². The van der Waals surface area contributed by atoms with E-state index in [4.69, 9.17) is 11.6 Å². The minimum absolute atomic E-state index is 0.109. The van der Waals surface area contributed by atoms with Crippen LogP contribution < -0.4 is 5.32 Å². The van der Waals surface area contributed by atoms with Crippen molar-refractivity contribution >= 4 is 35.2 Å². The summed E-state index contributed by atoms with van der Waals surface area (Å²) in [6.45, 7) is -1.58. The van der Waals surface area contributed by atoms with Crippen LogP contribution in [0.2, 0.25) is 5.02 Å². The average Bonchev–Trinajstić information content (AvgIpc) is 2.66. The van der Waals surface area contributed by atoms with Crippen LogP contribution in [0, 0.1) is 5.92 Å². The first-order valence-electron chi connectivity index (χ1n) is 8.84. The van der Waals surface area contributed by atoms with Gasteiger partial charge in [0.25, 0.3) is 0 Å². The fraction of sp³-hybridized carbons (Fsp3) is 0.500. The van der Waals surface area contributed by atoms with Gasteiger partial charge in [-0.05, 0) is 37.1 Å². The summed E-state index contributed by atoms with van der Waals surface area (Å²) in [6.07, 6.45) is -5.07. The molecule has 29 heavy (non-hydrogen) atoms. The molecule has 11 heteroatoms. The number of benzene rings is 1. The van der Waals surface area contributed by atoms with Gasteiger partial charge in [-0.3, -0.25) is 9.59 Å². The number of likely N-dealkylation sites (N-methyl/N-ethyl adjacent to an activating group) is 1. The largest absolute Gasteiger partial charge is 0.440 e. The average molecular weight is 436 g/mol. The monoisotopic (exact) mass is 435 g/mol. The maximum Gasteiger partial charge on any atom is 0.422 e. The van der Waals surface area contributed by atoms with Crippen molar-refractivity contribution in [3.05, 3.63) is 29.3 Å². The lowest BCUT2D eigenvalue weighted by molar-refractivity contribution is -0.162. The highest BCUT2D eigenvalue weighted by Crippen LogP contribution is 2.21. The molecule has 0 bridgehead atoms. The molecule has 7 nitrogen and oxygen atoms in total. The lowest BCUT2D eigenvalue weighted by Crippen LogP contribution is -2.45. The van der Waals surface area contributed by atoms with Crippen molar-refractivity contribution in [2.75, 3.05) is 38.6 Å². The summed E-state index contributed by atoms with van der Waals surface area (Å²) >= 11 is 5.78. The number of halogens is 4. The molecule has 3 amide bonds. The van der Waals surface area contributed by atoms with Crippen molar-refractivity contribution in [2.24, 2.45) is 5.92 Å². The first-order chi connectivity index (χ1) is 13.5. The molecule has 1 aromatic rings. The molecule has 0 spiro atoms. The van der Waals surface area contributed by atoms with E-state index in [0.717, 1.165) is 4.90 Å². The summed E-state index contributed by atoms with van der Waals surface area (Å²) in [7, 11) is 1.49. The third-order valence-corrected chi connectivity index (χ3v) is 4.60. The maximum absolute atomic E-state index is 12.5. The number of carbonyl (C=O) groups is 3. The number of anilines is 1. The number of hydrogen-bond acceptors (Lipinski definition) is 4. The summed E-state index contributed by atoms with van der Waals surface area (Å²) in [5.74, 6) is -1.06. The fourth-order valence-corrected chi connectivity index (χ4v) is 3.01. The molecule has 2 rings (SSSR count). The molecule has 0 aromatic heterocycles. The van der Waals surface area contributed by atoms with Crippen LogP contribution in [0.1, 0.15) is 12.8 Å². The number of amides is 3. The van der Waals surface area contributed by atoms with Gasteiger partial charge in [-0.2, -0.15) is 13.2 Å². The third kappa shape index (κ3) is 7.45. The second-order valence-electron chi connectivity index (χ2n) is 6.68. The van der Waals surface area contributed by atoms with E-state index in [-0.39, 0.29) is 44.3 Å². The molecule has 1 aliphatic rings. The third-order valence-electron chi connectivity index (χ3n) is 4.35. The van der Waals surface area contributed by atoms with Gasteiger partial charge in [-0.25, -0.2) is 4.79 Å². The summed E-state index contributed by atoms with van der Waals surface area (Å²) < 4.78 is 40.6. The van der Waals surface area contributed by atoms with Gasteiger partial charge in [0.05, 0.1) is 6.54 Å². The molecule has 160 valence electrons. The van der Waals surface area contributed by atoms with E-state index < -0.39 is 24.8 Å². The first-order valence-corrected chi connectivity index (χ1v) is 9.22. The molecule has 1 aliphatic heterocycles. The Morgan fingerprint density at radius 2 is 1.79 bits per heavy atom. The van der Waals surface area contributed by atoms with Crippen LogP contribution in [0.4, 0.5) is 23.7 Å². The Bertz CT molecular complexity index is 735. The van der Waals surface area contributed by atoms with Crippen molar-refractivity contribution in [1.29, 1.82) is 0 Å². The van der Waals surface area contributed by atoms with Gasteiger partial charge in [0, 0.05) is 36.8 Å². The summed E-state index contributed by atoms with van der Waals surface area (Å²) in [5.41, 5.74) is 0.547. The topological polar surface area (TPSA) is 79.0 Å². The van der Waals surface area contributed by atoms with E-state index in [2.05, 4.69) is 10.1 Å². The van der Waals surface area contributed by atoms with Crippen molar-refractivity contribution in [3.63, 3.8) is 0 Å². The molecular weight excluding hydrogens is 415 g/mol. The number of piperidine rings is 1. The van der Waals surface area contributed by atoms with Crippen LogP contribution in [0.25, 0.3) is 0 Å². The van der Waals surface area contributed by atoms with E-state index in [1.165, 1.54) is 11.9 Å². The van der Waals surface area contributed by atoms with Crippen LogP contribution in [0.5, 0.6) is 0 Å². The standard InChI is InChI=1S/C18H21ClF3N3O4/c1-24(10-15(26)23-14-4-2-13(19)3-5-14)16(27)12-6-8-25(9-7-12)17(28)29-11-18(20,21)22/h2-5,12H,6-11H2,1H3,(H,23,26). The lowest BCUT2D eigenvalue weighted by atomic mass is 9.95. The number of likely N-dealkylation sites (tertiary alicyclic amines) is 1. The highest BCUT2D eigenvalue weighted by Gasteiger charge is 2.33. The first kappa shape index (κ1) is 22.8. The van der Waals surface area contributed by atoms with E-state index in [0.29, 0.717) is 10.7 Å².